The van der Waals surface area contributed by atoms with E-state index in [1.165, 1.54) is 0 Å². The highest BCUT2D eigenvalue weighted by atomic mass is 35.5. The number of nitrogens with zero attached hydrogens (tertiary/aromatic N) is 2. The molecule has 1 aromatic carbocycles. The number of hydrogen-bond acceptors (Lipinski definition) is 6. The molecule has 0 saturated carbocycles. The normalized spacial score (nSPS) is 11.2. The molecular formula is C19H24Cl2N4O4. The number of carbonyl (C=O) groups is 1. The molecule has 8 nitrogen and oxygen atoms in total. The molecule has 0 atom stereocenters. The summed E-state index contributed by atoms with van der Waals surface area (Å²) in [4.78, 5) is 23.9. The summed E-state index contributed by atoms with van der Waals surface area (Å²) in [6.07, 6.45) is -0.0465. The van der Waals surface area contributed by atoms with Crippen LogP contribution in [0.5, 0.6) is 5.88 Å². The predicted molar refractivity (Wildman–Crippen MR) is 112 cm³/mol. The molecule has 10 heteroatoms. The van der Waals surface area contributed by atoms with Crippen molar-refractivity contribution in [1.82, 2.24) is 20.6 Å². The molecule has 0 bridgehead atoms. The smallest absolute Gasteiger partial charge is 0.422 e. The van der Waals surface area contributed by atoms with Crippen LogP contribution in [0.4, 0.5) is 4.79 Å². The van der Waals surface area contributed by atoms with Crippen molar-refractivity contribution in [1.29, 1.82) is 0 Å². The number of aryl methyl sites for hydroxylation is 1. The third-order valence-electron chi connectivity index (χ3n) is 3.47. The Balaban J connectivity index is 1.94. The maximum absolute atomic E-state index is 12.4. The van der Waals surface area contributed by atoms with Crippen LogP contribution in [0.2, 0.25) is 10.0 Å². The van der Waals surface area contributed by atoms with Gasteiger partial charge in [0, 0.05) is 6.54 Å². The van der Waals surface area contributed by atoms with E-state index >= 15 is 0 Å². The van der Waals surface area contributed by atoms with Gasteiger partial charge in [-0.2, -0.15) is 4.68 Å². The van der Waals surface area contributed by atoms with Crippen molar-refractivity contribution in [3.05, 3.63) is 50.2 Å². The zero-order valence-electron chi connectivity index (χ0n) is 16.7. The molecule has 158 valence electrons. The first-order valence-electron chi connectivity index (χ1n) is 8.98. The number of nitrogens with one attached hydrogen (secondary N) is 2. The van der Waals surface area contributed by atoms with Gasteiger partial charge in [-0.25, -0.2) is 10.2 Å². The number of halogens is 2. The van der Waals surface area contributed by atoms with Gasteiger partial charge < -0.3 is 9.47 Å². The molecule has 0 radical (unpaired) electrons. The summed E-state index contributed by atoms with van der Waals surface area (Å²) in [6.45, 7) is 7.89. The van der Waals surface area contributed by atoms with Gasteiger partial charge in [0.05, 0.1) is 12.3 Å². The van der Waals surface area contributed by atoms with E-state index in [1.54, 1.807) is 32.9 Å². The Morgan fingerprint density at radius 1 is 1.24 bits per heavy atom. The van der Waals surface area contributed by atoms with Gasteiger partial charge in [0.25, 0.3) is 11.4 Å². The van der Waals surface area contributed by atoms with E-state index in [2.05, 4.69) is 16.0 Å². The highest BCUT2D eigenvalue weighted by Crippen LogP contribution is 2.27. The average molecular weight is 443 g/mol. The Hall–Kier alpha value is -2.29. The van der Waals surface area contributed by atoms with Crippen LogP contribution in [0.3, 0.4) is 0 Å². The lowest BCUT2D eigenvalue weighted by Crippen LogP contribution is -2.41. The molecule has 0 aliphatic heterocycles. The van der Waals surface area contributed by atoms with E-state index in [0.29, 0.717) is 18.7 Å². The van der Waals surface area contributed by atoms with Crippen molar-refractivity contribution < 1.29 is 14.3 Å². The highest BCUT2D eigenvalue weighted by Gasteiger charge is 2.17. The molecule has 0 aliphatic rings. The molecule has 0 saturated heterocycles. The van der Waals surface area contributed by atoms with Gasteiger partial charge in [0.2, 0.25) is 0 Å². The van der Waals surface area contributed by atoms with Crippen LogP contribution in [-0.4, -0.2) is 34.6 Å². The molecule has 2 rings (SSSR count). The maximum atomic E-state index is 12.4. The third kappa shape index (κ3) is 6.92. The monoisotopic (exact) mass is 442 g/mol. The van der Waals surface area contributed by atoms with Crippen LogP contribution in [-0.2, 0) is 4.74 Å². The number of ether oxygens (including phenoxy) is 2. The Morgan fingerprint density at radius 2 is 1.97 bits per heavy atom. The van der Waals surface area contributed by atoms with Gasteiger partial charge in [-0.3, -0.25) is 10.2 Å². The average Bonchev–Trinajstić information content (AvgIpc) is 2.62. The topological polar surface area (TPSA) is 94.5 Å². The third-order valence-corrected chi connectivity index (χ3v) is 4.27. The summed E-state index contributed by atoms with van der Waals surface area (Å²) >= 11 is 12.2. The lowest BCUT2D eigenvalue weighted by molar-refractivity contribution is 0.0497. The van der Waals surface area contributed by atoms with Crippen LogP contribution in [0.1, 0.15) is 32.8 Å². The molecule has 0 unspecified atom stereocenters. The fourth-order valence-corrected chi connectivity index (χ4v) is 2.59. The molecule has 2 N–H and O–H groups in total. The van der Waals surface area contributed by atoms with Gasteiger partial charge >= 0.3 is 6.09 Å². The Kier molecular flexibility index (Phi) is 7.89. The zero-order valence-corrected chi connectivity index (χ0v) is 18.2. The van der Waals surface area contributed by atoms with Crippen molar-refractivity contribution >= 4 is 29.3 Å². The van der Waals surface area contributed by atoms with E-state index in [4.69, 9.17) is 32.7 Å². The van der Waals surface area contributed by atoms with Crippen molar-refractivity contribution in [2.45, 2.75) is 39.7 Å². The molecule has 2 aromatic rings. The summed E-state index contributed by atoms with van der Waals surface area (Å²) in [5.74, 6) is 0.0536. The van der Waals surface area contributed by atoms with Crippen molar-refractivity contribution in [2.24, 2.45) is 0 Å². The predicted octanol–water partition coefficient (Wildman–Crippen LogP) is 3.65. The molecule has 29 heavy (non-hydrogen) atoms. The van der Waals surface area contributed by atoms with Crippen LogP contribution >= 0.6 is 23.2 Å². The van der Waals surface area contributed by atoms with Crippen LogP contribution in [0.15, 0.2) is 29.1 Å². The molecule has 0 aliphatic carbocycles. The largest absolute Gasteiger partial charge is 0.475 e. The fourth-order valence-electron chi connectivity index (χ4n) is 2.26. The lowest BCUT2D eigenvalue weighted by atomic mass is 10.2. The van der Waals surface area contributed by atoms with Gasteiger partial charge in [-0.15, -0.1) is 5.10 Å². The quantitative estimate of drug-likeness (QED) is 0.501. The van der Waals surface area contributed by atoms with E-state index in [-0.39, 0.29) is 22.5 Å². The minimum atomic E-state index is -0.572. The Labute approximate surface area is 179 Å². The number of amides is 1. The molecule has 1 aromatic heterocycles. The number of rotatable bonds is 7. The minimum absolute atomic E-state index is 0.0413. The minimum Gasteiger partial charge on any atom is -0.475 e. The number of hydrogen-bond donors (Lipinski definition) is 2. The maximum Gasteiger partial charge on any atom is 0.422 e. The number of carbonyl (C=O) groups excluding carboxylic acids is 1. The van der Waals surface area contributed by atoms with Gasteiger partial charge in [0.1, 0.15) is 15.6 Å². The SMILES string of the molecule is Cc1cccc(-n2nc(OCCCNNC(=O)OC(C)(C)C)c(Cl)c(Cl)c2=O)c1. The second kappa shape index (κ2) is 9.96. The van der Waals surface area contributed by atoms with E-state index < -0.39 is 17.3 Å². The zero-order chi connectivity index (χ0) is 21.6. The van der Waals surface area contributed by atoms with Crippen molar-refractivity contribution in [3.8, 4) is 11.6 Å². The number of benzene rings is 1. The van der Waals surface area contributed by atoms with E-state index in [1.807, 2.05) is 19.1 Å². The number of hydrazine groups is 1. The second-order valence-corrected chi connectivity index (χ2v) is 8.00. The van der Waals surface area contributed by atoms with Crippen LogP contribution in [0.25, 0.3) is 5.69 Å². The summed E-state index contributed by atoms with van der Waals surface area (Å²) in [5, 5.41) is 3.98. The molecule has 1 amide bonds. The fraction of sp³-hybridized carbons (Fsp3) is 0.421. The molecule has 1 heterocycles. The summed E-state index contributed by atoms with van der Waals surface area (Å²) < 4.78 is 11.8. The first-order valence-corrected chi connectivity index (χ1v) is 9.74. The highest BCUT2D eigenvalue weighted by molar-refractivity contribution is 6.42. The van der Waals surface area contributed by atoms with Crippen LogP contribution in [0, 0.1) is 6.92 Å². The Morgan fingerprint density at radius 3 is 2.62 bits per heavy atom. The summed E-state index contributed by atoms with van der Waals surface area (Å²) in [7, 11) is 0. The first-order chi connectivity index (χ1) is 13.6. The second-order valence-electron chi connectivity index (χ2n) is 7.24. The Bertz CT molecular complexity index is 925. The lowest BCUT2D eigenvalue weighted by Gasteiger charge is -2.19. The van der Waals surface area contributed by atoms with Crippen molar-refractivity contribution in [3.63, 3.8) is 0 Å². The summed E-state index contributed by atoms with van der Waals surface area (Å²) in [5.41, 5.74) is 5.58. The summed E-state index contributed by atoms with van der Waals surface area (Å²) in [6, 6.07) is 7.25. The molecule has 0 spiro atoms. The number of aromatic nitrogens is 2. The standard InChI is InChI=1S/C19H24Cl2N4O4/c1-12-7-5-8-13(11-12)25-17(26)15(21)14(20)16(24-25)28-10-6-9-22-23-18(27)29-19(2,3)4/h5,7-8,11,22H,6,9-10H2,1-4H3,(H,23,27). The first kappa shape index (κ1) is 23.0. The van der Waals surface area contributed by atoms with E-state index in [0.717, 1.165) is 10.2 Å². The van der Waals surface area contributed by atoms with Gasteiger partial charge in [-0.1, -0.05) is 35.3 Å². The van der Waals surface area contributed by atoms with Crippen LogP contribution < -0.4 is 21.1 Å². The van der Waals surface area contributed by atoms with E-state index in [9.17, 15) is 9.59 Å². The molecular weight excluding hydrogens is 419 g/mol. The van der Waals surface area contributed by atoms with Crippen molar-refractivity contribution in [2.75, 3.05) is 13.2 Å². The van der Waals surface area contributed by atoms with Gasteiger partial charge in [-0.05, 0) is 51.8 Å². The molecule has 0 fully saturated rings. The van der Waals surface area contributed by atoms with Gasteiger partial charge in [0.15, 0.2) is 0 Å².